The van der Waals surface area contributed by atoms with Gasteiger partial charge < -0.3 is 20.8 Å². The van der Waals surface area contributed by atoms with Crippen molar-refractivity contribution >= 4 is 11.4 Å². The molecule has 4 nitrogen and oxygen atoms in total. The van der Waals surface area contributed by atoms with Crippen LogP contribution in [0.2, 0.25) is 0 Å². The van der Waals surface area contributed by atoms with Gasteiger partial charge in [-0.1, -0.05) is 0 Å². The number of hydrogen-bond donors (Lipinski definition) is 2. The van der Waals surface area contributed by atoms with Gasteiger partial charge in [0.25, 0.3) is 0 Å². The maximum Gasteiger partial charge on any atom is 0.160 e. The summed E-state index contributed by atoms with van der Waals surface area (Å²) in [5.41, 5.74) is 13.8. The lowest BCUT2D eigenvalue weighted by molar-refractivity contribution is 0.366. The first-order valence-electron chi connectivity index (χ1n) is 3.99. The predicted molar refractivity (Wildman–Crippen MR) is 53.7 cm³/mol. The van der Waals surface area contributed by atoms with E-state index in [1.165, 1.54) is 6.20 Å². The molecule has 0 atom stereocenters. The van der Waals surface area contributed by atoms with Crippen molar-refractivity contribution in [1.82, 2.24) is 4.57 Å². The summed E-state index contributed by atoms with van der Waals surface area (Å²) in [6, 6.07) is 0. The molecule has 0 spiro atoms. The van der Waals surface area contributed by atoms with E-state index < -0.39 is 0 Å². The molecule has 13 heavy (non-hydrogen) atoms. The van der Waals surface area contributed by atoms with Crippen LogP contribution in [0.5, 0.6) is 0 Å². The molecule has 0 aliphatic rings. The highest BCUT2D eigenvalue weighted by atomic mass is 16.5. The van der Waals surface area contributed by atoms with Crippen molar-refractivity contribution in [1.29, 1.82) is 0 Å². The normalized spacial score (nSPS) is 11.8. The Labute approximate surface area is 77.8 Å². The highest BCUT2D eigenvalue weighted by Gasteiger charge is 2.12. The van der Waals surface area contributed by atoms with Crippen molar-refractivity contribution in [3.63, 3.8) is 0 Å². The number of ether oxygens (including phenoxy) is 1. The van der Waals surface area contributed by atoms with Crippen molar-refractivity contribution in [3.05, 3.63) is 23.7 Å². The Morgan fingerprint density at radius 3 is 2.54 bits per heavy atom. The van der Waals surface area contributed by atoms with Gasteiger partial charge in [-0.05, 0) is 12.5 Å². The summed E-state index contributed by atoms with van der Waals surface area (Å²) in [6.07, 6.45) is 3.35. The van der Waals surface area contributed by atoms with E-state index in [0.29, 0.717) is 11.4 Å². The highest BCUT2D eigenvalue weighted by molar-refractivity contribution is 5.71. The average molecular weight is 181 g/mol. The standard InChI is InChI=1S/C9H15N3O/c1-6-5-12(2)9(8(6)11)7(4-10)13-3/h4-5H,10-11H2,1-3H3/b7-4+. The first-order valence-corrected chi connectivity index (χ1v) is 3.99. The van der Waals surface area contributed by atoms with Gasteiger partial charge in [0.05, 0.1) is 12.8 Å². The van der Waals surface area contributed by atoms with E-state index in [9.17, 15) is 0 Å². The molecule has 1 heterocycles. The molecule has 0 aliphatic heterocycles. The van der Waals surface area contributed by atoms with Crippen molar-refractivity contribution in [2.75, 3.05) is 12.8 Å². The van der Waals surface area contributed by atoms with Crippen LogP contribution in [0.15, 0.2) is 12.4 Å². The van der Waals surface area contributed by atoms with Crippen LogP contribution in [0.3, 0.4) is 0 Å². The number of hydrogen-bond acceptors (Lipinski definition) is 3. The molecule has 0 aliphatic carbocycles. The van der Waals surface area contributed by atoms with Crippen LogP contribution in [0.1, 0.15) is 11.3 Å². The molecule has 0 saturated carbocycles. The van der Waals surface area contributed by atoms with Crippen LogP contribution in [-0.2, 0) is 11.8 Å². The van der Waals surface area contributed by atoms with Crippen molar-refractivity contribution in [2.24, 2.45) is 12.8 Å². The first kappa shape index (κ1) is 9.51. The van der Waals surface area contributed by atoms with E-state index in [2.05, 4.69) is 0 Å². The zero-order valence-electron chi connectivity index (χ0n) is 8.16. The molecule has 0 fully saturated rings. The van der Waals surface area contributed by atoms with Gasteiger partial charge in [0.2, 0.25) is 0 Å². The molecular weight excluding hydrogens is 166 g/mol. The van der Waals surface area contributed by atoms with Crippen LogP contribution in [0, 0.1) is 6.92 Å². The van der Waals surface area contributed by atoms with Crippen LogP contribution in [0.25, 0.3) is 5.76 Å². The van der Waals surface area contributed by atoms with Gasteiger partial charge in [-0.15, -0.1) is 0 Å². The second-order valence-corrected chi connectivity index (χ2v) is 2.92. The van der Waals surface area contributed by atoms with Gasteiger partial charge in [0, 0.05) is 19.4 Å². The summed E-state index contributed by atoms with van der Waals surface area (Å²) in [4.78, 5) is 0. The zero-order valence-corrected chi connectivity index (χ0v) is 8.16. The number of nitrogens with zero attached hydrogens (tertiary/aromatic N) is 1. The summed E-state index contributed by atoms with van der Waals surface area (Å²) in [5.74, 6) is 0.591. The Hall–Kier alpha value is -1.58. The maximum atomic E-state index is 5.86. The van der Waals surface area contributed by atoms with Gasteiger partial charge in [0.1, 0.15) is 5.69 Å². The second-order valence-electron chi connectivity index (χ2n) is 2.92. The minimum absolute atomic E-state index is 0.591. The van der Waals surface area contributed by atoms with E-state index in [1.807, 2.05) is 24.7 Å². The molecule has 0 bridgehead atoms. The second kappa shape index (κ2) is 3.43. The zero-order chi connectivity index (χ0) is 10.0. The summed E-state index contributed by atoms with van der Waals surface area (Å²) in [7, 11) is 3.47. The van der Waals surface area contributed by atoms with Crippen molar-refractivity contribution in [3.8, 4) is 0 Å². The van der Waals surface area contributed by atoms with Gasteiger partial charge in [0.15, 0.2) is 5.76 Å². The monoisotopic (exact) mass is 181 g/mol. The van der Waals surface area contributed by atoms with Crippen LogP contribution in [0.4, 0.5) is 5.69 Å². The highest BCUT2D eigenvalue weighted by Crippen LogP contribution is 2.25. The molecule has 4 heteroatoms. The van der Waals surface area contributed by atoms with Crippen LogP contribution >= 0.6 is 0 Å². The molecule has 0 aromatic carbocycles. The molecule has 0 saturated heterocycles. The Morgan fingerprint density at radius 1 is 1.62 bits per heavy atom. The average Bonchev–Trinajstić information content (AvgIpc) is 2.34. The first-order chi connectivity index (χ1) is 6.11. The fourth-order valence-electron chi connectivity index (χ4n) is 1.35. The maximum absolute atomic E-state index is 5.86. The lowest BCUT2D eigenvalue weighted by Crippen LogP contribution is -2.01. The van der Waals surface area contributed by atoms with E-state index in [0.717, 1.165) is 11.3 Å². The lowest BCUT2D eigenvalue weighted by Gasteiger charge is -2.07. The minimum Gasteiger partial charge on any atom is -0.493 e. The third-order valence-electron chi connectivity index (χ3n) is 2.02. The molecule has 0 radical (unpaired) electrons. The van der Waals surface area contributed by atoms with Crippen LogP contribution < -0.4 is 11.5 Å². The third-order valence-corrected chi connectivity index (χ3v) is 2.02. The Bertz CT molecular complexity index is 339. The molecule has 72 valence electrons. The fraction of sp³-hybridized carbons (Fsp3) is 0.333. The number of methoxy groups -OCH3 is 1. The summed E-state index contributed by atoms with van der Waals surface area (Å²) >= 11 is 0. The topological polar surface area (TPSA) is 66.2 Å². The molecule has 0 amide bonds. The predicted octanol–water partition coefficient (Wildman–Crippen LogP) is 0.819. The Balaban J connectivity index is 3.28. The van der Waals surface area contributed by atoms with Crippen molar-refractivity contribution in [2.45, 2.75) is 6.92 Å². The van der Waals surface area contributed by atoms with Gasteiger partial charge in [-0.25, -0.2) is 0 Å². The molecule has 4 N–H and O–H groups in total. The summed E-state index contributed by atoms with van der Waals surface area (Å²) in [6.45, 7) is 1.95. The summed E-state index contributed by atoms with van der Waals surface area (Å²) < 4.78 is 6.99. The quantitative estimate of drug-likeness (QED) is 0.664. The van der Waals surface area contributed by atoms with Gasteiger partial charge in [-0.3, -0.25) is 0 Å². The number of aromatic nitrogens is 1. The Morgan fingerprint density at radius 2 is 2.23 bits per heavy atom. The smallest absolute Gasteiger partial charge is 0.160 e. The third kappa shape index (κ3) is 1.47. The van der Waals surface area contributed by atoms with E-state index in [4.69, 9.17) is 16.2 Å². The van der Waals surface area contributed by atoms with Gasteiger partial charge in [-0.2, -0.15) is 0 Å². The molecule has 0 unspecified atom stereocenters. The Kier molecular flexibility index (Phi) is 2.51. The minimum atomic E-state index is 0.591. The lowest BCUT2D eigenvalue weighted by atomic mass is 10.2. The number of nitrogen functional groups attached to an aromatic ring is 1. The number of anilines is 1. The molecule has 1 rings (SSSR count). The van der Waals surface area contributed by atoms with E-state index >= 15 is 0 Å². The number of nitrogens with two attached hydrogens (primary N) is 2. The van der Waals surface area contributed by atoms with E-state index in [1.54, 1.807) is 7.11 Å². The fourth-order valence-corrected chi connectivity index (χ4v) is 1.35. The number of aryl methyl sites for hydroxylation is 2. The summed E-state index contributed by atoms with van der Waals surface area (Å²) in [5, 5.41) is 0. The SMILES string of the molecule is CO/C(=C/N)c1c(N)c(C)cn1C. The van der Waals surface area contributed by atoms with Gasteiger partial charge >= 0.3 is 0 Å². The van der Waals surface area contributed by atoms with Crippen LogP contribution in [-0.4, -0.2) is 11.7 Å². The molecule has 1 aromatic rings. The number of rotatable bonds is 2. The van der Waals surface area contributed by atoms with E-state index in [-0.39, 0.29) is 0 Å². The molecule has 1 aromatic heterocycles. The van der Waals surface area contributed by atoms with Crippen molar-refractivity contribution < 1.29 is 4.74 Å². The molecular formula is C9H15N3O. The largest absolute Gasteiger partial charge is 0.493 e.